The molecule has 36 heavy (non-hydrogen) atoms. The lowest BCUT2D eigenvalue weighted by Gasteiger charge is -2.26. The monoisotopic (exact) mass is 698 g/mol. The molecule has 1 atom stereocenters. The van der Waals surface area contributed by atoms with Crippen LogP contribution in [0.15, 0.2) is 64.8 Å². The lowest BCUT2D eigenvalue weighted by Crippen LogP contribution is -2.40. The number of phenols is 1. The average Bonchev–Trinajstić information content (AvgIpc) is 3.10. The lowest BCUT2D eigenvalue weighted by molar-refractivity contribution is -0.143. The summed E-state index contributed by atoms with van der Waals surface area (Å²) in [6.45, 7) is 5.27. The molecule has 2 aromatic carbocycles. The molecule has 0 spiro atoms. The second-order valence-electron chi connectivity index (χ2n) is 8.26. The van der Waals surface area contributed by atoms with Gasteiger partial charge in [-0.1, -0.05) is 27.3 Å². The first-order valence-corrected chi connectivity index (χ1v) is 14.0. The van der Waals surface area contributed by atoms with Crippen LogP contribution in [0.2, 0.25) is 0 Å². The zero-order valence-corrected chi connectivity index (χ0v) is 25.2. The molecule has 7 nitrogen and oxygen atoms in total. The van der Waals surface area contributed by atoms with E-state index in [2.05, 4.69) is 52.8 Å². The van der Waals surface area contributed by atoms with Crippen molar-refractivity contribution in [2.45, 2.75) is 32.9 Å². The largest absolute Gasteiger partial charge is 0.506 e. The van der Waals surface area contributed by atoms with Gasteiger partial charge in [0.1, 0.15) is 17.5 Å². The van der Waals surface area contributed by atoms with Gasteiger partial charge in [0.05, 0.1) is 38.0 Å². The number of allylic oxidation sites excluding steroid dienone is 1. The Labute approximate surface area is 236 Å². The number of phenolic OH excluding ortho intramolecular Hbond substituents is 1. The van der Waals surface area contributed by atoms with Crippen molar-refractivity contribution in [2.24, 2.45) is 4.99 Å². The van der Waals surface area contributed by atoms with Crippen molar-refractivity contribution < 1.29 is 19.4 Å². The molecule has 0 saturated heterocycles. The van der Waals surface area contributed by atoms with Crippen molar-refractivity contribution in [3.63, 3.8) is 0 Å². The van der Waals surface area contributed by atoms with Crippen LogP contribution in [-0.4, -0.2) is 28.9 Å². The average molecular weight is 701 g/mol. The maximum Gasteiger partial charge on any atom is 0.338 e. The van der Waals surface area contributed by atoms with Crippen molar-refractivity contribution in [2.75, 3.05) is 7.11 Å². The zero-order valence-electron chi connectivity index (χ0n) is 19.6. The number of thiazole rings is 1. The van der Waals surface area contributed by atoms with Crippen LogP contribution in [0.5, 0.6) is 11.5 Å². The second kappa shape index (κ2) is 10.6. The predicted octanol–water partition coefficient (Wildman–Crippen LogP) is 5.19. The Morgan fingerprint density at radius 1 is 1.19 bits per heavy atom. The SMILES string of the molecule is COc1ccc(Br)cc1[C@H]1C(C(=O)OC(C)C)=C(C)N=c2s/c(=C\c3cc(Br)c(O)c(Br)c3)c(=O)n21. The molecule has 1 aromatic heterocycles. The van der Waals surface area contributed by atoms with Crippen LogP contribution in [0.4, 0.5) is 0 Å². The van der Waals surface area contributed by atoms with Gasteiger partial charge in [0.2, 0.25) is 0 Å². The van der Waals surface area contributed by atoms with Gasteiger partial charge in [0, 0.05) is 10.0 Å². The van der Waals surface area contributed by atoms with Crippen LogP contribution in [0.3, 0.4) is 0 Å². The van der Waals surface area contributed by atoms with Crippen molar-refractivity contribution in [3.05, 3.63) is 85.8 Å². The number of rotatable bonds is 5. The van der Waals surface area contributed by atoms with E-state index >= 15 is 0 Å². The number of carbonyl (C=O) groups is 1. The van der Waals surface area contributed by atoms with E-state index in [0.717, 1.165) is 4.47 Å². The van der Waals surface area contributed by atoms with Crippen molar-refractivity contribution in [3.8, 4) is 11.5 Å². The number of methoxy groups -OCH3 is 1. The number of nitrogens with zero attached hydrogens (tertiary/aromatic N) is 2. The maximum absolute atomic E-state index is 13.8. The Morgan fingerprint density at radius 3 is 2.47 bits per heavy atom. The molecular weight excluding hydrogens is 680 g/mol. The molecule has 11 heteroatoms. The van der Waals surface area contributed by atoms with Crippen molar-refractivity contribution in [1.29, 1.82) is 0 Å². The van der Waals surface area contributed by atoms with E-state index in [0.29, 0.717) is 40.9 Å². The third kappa shape index (κ3) is 5.11. The van der Waals surface area contributed by atoms with E-state index in [1.807, 2.05) is 12.1 Å². The van der Waals surface area contributed by atoms with Crippen LogP contribution in [0.25, 0.3) is 6.08 Å². The summed E-state index contributed by atoms with van der Waals surface area (Å²) in [5.74, 6) is 0.0481. The number of hydrogen-bond donors (Lipinski definition) is 1. The summed E-state index contributed by atoms with van der Waals surface area (Å²) in [5.41, 5.74) is 1.75. The Hall–Kier alpha value is -2.21. The molecule has 2 heterocycles. The van der Waals surface area contributed by atoms with Crippen LogP contribution < -0.4 is 19.6 Å². The Balaban J connectivity index is 2.01. The first kappa shape index (κ1) is 26.8. The molecule has 0 amide bonds. The number of carbonyl (C=O) groups excluding carboxylic acids is 1. The first-order valence-electron chi connectivity index (χ1n) is 10.8. The molecule has 0 bridgehead atoms. The van der Waals surface area contributed by atoms with Crippen LogP contribution in [0.1, 0.15) is 37.9 Å². The van der Waals surface area contributed by atoms with E-state index < -0.39 is 12.0 Å². The first-order chi connectivity index (χ1) is 17.0. The molecule has 4 rings (SSSR count). The highest BCUT2D eigenvalue weighted by Crippen LogP contribution is 2.37. The van der Waals surface area contributed by atoms with Gasteiger partial charge >= 0.3 is 5.97 Å². The fraction of sp³-hybridized carbons (Fsp3) is 0.240. The molecule has 0 fully saturated rings. The molecule has 1 aliphatic heterocycles. The summed E-state index contributed by atoms with van der Waals surface area (Å²) in [4.78, 5) is 32.1. The van der Waals surface area contributed by atoms with Crippen molar-refractivity contribution in [1.82, 2.24) is 4.57 Å². The van der Waals surface area contributed by atoms with Gasteiger partial charge in [-0.15, -0.1) is 0 Å². The van der Waals surface area contributed by atoms with Crippen LogP contribution >= 0.6 is 59.1 Å². The number of aromatic hydroxyl groups is 1. The highest BCUT2D eigenvalue weighted by atomic mass is 79.9. The summed E-state index contributed by atoms with van der Waals surface area (Å²) in [6, 6.07) is 8.06. The maximum atomic E-state index is 13.8. The van der Waals surface area contributed by atoms with Gasteiger partial charge in [-0.05, 0) is 94.6 Å². The summed E-state index contributed by atoms with van der Waals surface area (Å²) in [6.07, 6.45) is 1.37. The molecule has 0 radical (unpaired) electrons. The fourth-order valence-corrected chi connectivity index (χ4v) is 6.54. The van der Waals surface area contributed by atoms with Gasteiger partial charge in [-0.3, -0.25) is 9.36 Å². The zero-order chi connectivity index (χ0) is 26.3. The minimum atomic E-state index is -0.805. The molecule has 188 valence electrons. The number of halogens is 3. The number of hydrogen-bond acceptors (Lipinski definition) is 7. The number of aromatic nitrogens is 1. The topological polar surface area (TPSA) is 90.1 Å². The summed E-state index contributed by atoms with van der Waals surface area (Å²) in [7, 11) is 1.54. The fourth-order valence-electron chi connectivity index (χ4n) is 3.89. The Morgan fingerprint density at radius 2 is 1.86 bits per heavy atom. The molecule has 3 aromatic rings. The minimum absolute atomic E-state index is 0.0688. The number of esters is 1. The Bertz CT molecular complexity index is 1570. The molecule has 0 saturated carbocycles. The molecule has 1 aliphatic rings. The Kier molecular flexibility index (Phi) is 7.94. The van der Waals surface area contributed by atoms with Crippen LogP contribution in [-0.2, 0) is 9.53 Å². The highest BCUT2D eigenvalue weighted by molar-refractivity contribution is 9.11. The summed E-state index contributed by atoms with van der Waals surface area (Å²) in [5, 5.41) is 10.0. The number of benzene rings is 2. The minimum Gasteiger partial charge on any atom is -0.506 e. The van der Waals surface area contributed by atoms with Gasteiger partial charge < -0.3 is 14.6 Å². The highest BCUT2D eigenvalue weighted by Gasteiger charge is 2.35. The second-order valence-corrected chi connectivity index (χ2v) is 11.9. The van der Waals surface area contributed by atoms with E-state index in [4.69, 9.17) is 9.47 Å². The van der Waals surface area contributed by atoms with Gasteiger partial charge in [-0.25, -0.2) is 9.79 Å². The quantitative estimate of drug-likeness (QED) is 0.371. The number of ether oxygens (including phenoxy) is 2. The van der Waals surface area contributed by atoms with E-state index in [1.54, 1.807) is 52.2 Å². The van der Waals surface area contributed by atoms with Crippen LogP contribution in [0, 0.1) is 0 Å². The van der Waals surface area contributed by atoms with Gasteiger partial charge in [0.25, 0.3) is 5.56 Å². The van der Waals surface area contributed by atoms with E-state index in [9.17, 15) is 14.7 Å². The third-order valence-corrected chi connectivity index (χ3v) is 8.09. The number of fused-ring (bicyclic) bond motifs is 1. The molecular formula is C25H21Br3N2O5S. The predicted molar refractivity (Wildman–Crippen MR) is 149 cm³/mol. The van der Waals surface area contributed by atoms with Crippen molar-refractivity contribution >= 4 is 71.2 Å². The normalized spacial score (nSPS) is 15.7. The molecule has 0 aliphatic carbocycles. The van der Waals surface area contributed by atoms with Gasteiger partial charge in [0.15, 0.2) is 4.80 Å². The smallest absolute Gasteiger partial charge is 0.338 e. The summed E-state index contributed by atoms with van der Waals surface area (Å²) >= 11 is 11.4. The molecule has 0 unspecified atom stereocenters. The third-order valence-electron chi connectivity index (χ3n) is 5.41. The van der Waals surface area contributed by atoms with E-state index in [1.165, 1.54) is 15.9 Å². The van der Waals surface area contributed by atoms with E-state index in [-0.39, 0.29) is 23.0 Å². The lowest BCUT2D eigenvalue weighted by atomic mass is 9.95. The standard InChI is InChI=1S/C25H21Br3N2O5S/c1-11(2)35-24(33)20-12(3)29-25-30(21(20)15-10-14(26)5-6-18(15)34-4)23(32)19(36-25)9-13-7-16(27)22(31)17(28)8-13/h5-11,21,31H,1-4H3/b19-9-/t21-/m0/s1. The molecule has 1 N–H and O–H groups in total. The van der Waals surface area contributed by atoms with Gasteiger partial charge in [-0.2, -0.15) is 0 Å². The summed E-state index contributed by atoms with van der Waals surface area (Å²) < 4.78 is 14.8.